The van der Waals surface area contributed by atoms with Crippen LogP contribution in [0.2, 0.25) is 0 Å². The van der Waals surface area contributed by atoms with Gasteiger partial charge in [0.25, 0.3) is 0 Å². The van der Waals surface area contributed by atoms with Gasteiger partial charge in [-0.15, -0.1) is 0 Å². The number of carbonyl (C=O) groups is 1. The van der Waals surface area contributed by atoms with Crippen molar-refractivity contribution in [1.29, 1.82) is 0 Å². The van der Waals surface area contributed by atoms with E-state index in [1.807, 2.05) is 0 Å². The molecule has 108 valence electrons. The van der Waals surface area contributed by atoms with Gasteiger partial charge in [-0.3, -0.25) is 0 Å². The first-order chi connectivity index (χ1) is 10.0. The van der Waals surface area contributed by atoms with Crippen molar-refractivity contribution in [3.63, 3.8) is 0 Å². The monoisotopic (exact) mass is 350 g/mol. The molecular formula is C16H12BrFO3. The zero-order chi connectivity index (χ0) is 15.2. The maximum Gasteiger partial charge on any atom is 0.328 e. The molecule has 1 N–H and O–H groups in total. The molecule has 21 heavy (non-hydrogen) atoms. The summed E-state index contributed by atoms with van der Waals surface area (Å²) in [6.45, 7) is 0.238. The molecule has 5 heteroatoms. The highest BCUT2D eigenvalue weighted by atomic mass is 79.9. The van der Waals surface area contributed by atoms with Gasteiger partial charge >= 0.3 is 5.97 Å². The van der Waals surface area contributed by atoms with E-state index in [2.05, 4.69) is 15.9 Å². The first-order valence-electron chi connectivity index (χ1n) is 6.12. The van der Waals surface area contributed by atoms with Gasteiger partial charge in [0.1, 0.15) is 18.2 Å². The van der Waals surface area contributed by atoms with Crippen molar-refractivity contribution in [2.45, 2.75) is 6.61 Å². The maximum absolute atomic E-state index is 13.1. The van der Waals surface area contributed by atoms with E-state index >= 15 is 0 Å². The number of ether oxygens (including phenoxy) is 1. The molecule has 0 aliphatic carbocycles. The Morgan fingerprint density at radius 3 is 2.81 bits per heavy atom. The van der Waals surface area contributed by atoms with Crippen LogP contribution in [0, 0.1) is 5.82 Å². The molecule has 3 nitrogen and oxygen atoms in total. The Labute approximate surface area is 129 Å². The van der Waals surface area contributed by atoms with Crippen molar-refractivity contribution in [2.24, 2.45) is 0 Å². The van der Waals surface area contributed by atoms with Gasteiger partial charge in [0.05, 0.1) is 0 Å². The molecule has 0 aliphatic heterocycles. The Kier molecular flexibility index (Phi) is 5.11. The van der Waals surface area contributed by atoms with Gasteiger partial charge in [0.2, 0.25) is 0 Å². The highest BCUT2D eigenvalue weighted by Gasteiger charge is 2.02. The minimum absolute atomic E-state index is 0.238. The largest absolute Gasteiger partial charge is 0.489 e. The summed E-state index contributed by atoms with van der Waals surface area (Å²) in [5.41, 5.74) is 1.41. The molecule has 0 bridgehead atoms. The number of carboxylic acids is 1. The average Bonchev–Trinajstić information content (AvgIpc) is 2.45. The average molecular weight is 351 g/mol. The lowest BCUT2D eigenvalue weighted by Gasteiger charge is -2.08. The molecule has 0 amide bonds. The lowest BCUT2D eigenvalue weighted by molar-refractivity contribution is -0.131. The van der Waals surface area contributed by atoms with Crippen molar-refractivity contribution in [2.75, 3.05) is 0 Å². The predicted molar refractivity (Wildman–Crippen MR) is 81.5 cm³/mol. The van der Waals surface area contributed by atoms with Gasteiger partial charge in [-0.05, 0) is 47.5 Å². The molecule has 2 rings (SSSR count). The summed E-state index contributed by atoms with van der Waals surface area (Å²) in [5, 5.41) is 8.64. The van der Waals surface area contributed by atoms with Gasteiger partial charge in [-0.25, -0.2) is 9.18 Å². The SMILES string of the molecule is O=C(O)/C=C/c1cc(OCc2cccc(F)c2)ccc1Br. The third-order valence-electron chi connectivity index (χ3n) is 2.67. The quantitative estimate of drug-likeness (QED) is 0.819. The summed E-state index contributed by atoms with van der Waals surface area (Å²) in [4.78, 5) is 10.5. The molecule has 0 atom stereocenters. The van der Waals surface area contributed by atoms with Crippen LogP contribution >= 0.6 is 15.9 Å². The summed E-state index contributed by atoms with van der Waals surface area (Å²) < 4.78 is 19.4. The van der Waals surface area contributed by atoms with Crippen molar-refractivity contribution in [1.82, 2.24) is 0 Å². The second-order valence-corrected chi connectivity index (χ2v) is 5.13. The standard InChI is InChI=1S/C16H12BrFO3/c17-15-6-5-14(9-12(15)4-7-16(19)20)21-10-11-2-1-3-13(18)8-11/h1-9H,10H2,(H,19,20)/b7-4+. The number of hydrogen-bond donors (Lipinski definition) is 1. The van der Waals surface area contributed by atoms with Crippen LogP contribution < -0.4 is 4.74 Å². The molecule has 0 aliphatic rings. The van der Waals surface area contributed by atoms with Crippen LogP contribution in [0.5, 0.6) is 5.75 Å². The lowest BCUT2D eigenvalue weighted by Crippen LogP contribution is -1.96. The number of hydrogen-bond acceptors (Lipinski definition) is 2. The highest BCUT2D eigenvalue weighted by molar-refractivity contribution is 9.10. The summed E-state index contributed by atoms with van der Waals surface area (Å²) >= 11 is 3.34. The van der Waals surface area contributed by atoms with Crippen molar-refractivity contribution >= 4 is 28.0 Å². The van der Waals surface area contributed by atoms with Gasteiger partial charge in [-0.1, -0.05) is 28.1 Å². The molecule has 0 saturated heterocycles. The normalized spacial score (nSPS) is 10.8. The van der Waals surface area contributed by atoms with Gasteiger partial charge in [0, 0.05) is 10.5 Å². The van der Waals surface area contributed by atoms with Crippen molar-refractivity contribution in [3.8, 4) is 5.75 Å². The van der Waals surface area contributed by atoms with Crippen molar-refractivity contribution in [3.05, 3.63) is 70.0 Å². The molecular weight excluding hydrogens is 339 g/mol. The van der Waals surface area contributed by atoms with E-state index in [1.165, 1.54) is 18.2 Å². The fraction of sp³-hybridized carbons (Fsp3) is 0.0625. The first kappa shape index (κ1) is 15.3. The fourth-order valence-electron chi connectivity index (χ4n) is 1.69. The zero-order valence-electron chi connectivity index (χ0n) is 10.9. The van der Waals surface area contributed by atoms with Gasteiger partial charge in [0.15, 0.2) is 0 Å². The van der Waals surface area contributed by atoms with E-state index in [9.17, 15) is 9.18 Å². The minimum atomic E-state index is -1.02. The Balaban J connectivity index is 2.10. The molecule has 0 saturated carbocycles. The van der Waals surface area contributed by atoms with Crippen LogP contribution in [-0.4, -0.2) is 11.1 Å². The number of benzene rings is 2. The summed E-state index contributed by atoms with van der Waals surface area (Å²) in [6.07, 6.45) is 2.53. The molecule has 0 spiro atoms. The number of halogens is 2. The Morgan fingerprint density at radius 1 is 1.29 bits per heavy atom. The molecule has 0 radical (unpaired) electrons. The molecule has 0 fully saturated rings. The van der Waals surface area contributed by atoms with E-state index in [4.69, 9.17) is 9.84 Å². The van der Waals surface area contributed by atoms with Crippen LogP contribution in [0.3, 0.4) is 0 Å². The first-order valence-corrected chi connectivity index (χ1v) is 6.92. The second kappa shape index (κ2) is 7.04. The molecule has 2 aromatic rings. The third-order valence-corrected chi connectivity index (χ3v) is 3.39. The van der Waals surface area contributed by atoms with Gasteiger partial charge < -0.3 is 9.84 Å². The molecule has 0 heterocycles. The molecule has 0 unspecified atom stereocenters. The Hall–Kier alpha value is -2.14. The lowest BCUT2D eigenvalue weighted by atomic mass is 10.2. The van der Waals surface area contributed by atoms with E-state index in [0.29, 0.717) is 11.3 Å². The van der Waals surface area contributed by atoms with Crippen LogP contribution in [0.4, 0.5) is 4.39 Å². The highest BCUT2D eigenvalue weighted by Crippen LogP contribution is 2.24. The topological polar surface area (TPSA) is 46.5 Å². The van der Waals surface area contributed by atoms with Crippen molar-refractivity contribution < 1.29 is 19.0 Å². The predicted octanol–water partition coefficient (Wildman–Crippen LogP) is 4.27. The van der Waals surface area contributed by atoms with E-state index in [-0.39, 0.29) is 12.4 Å². The summed E-state index contributed by atoms with van der Waals surface area (Å²) in [5.74, 6) is -0.752. The Bertz CT molecular complexity index is 683. The van der Waals surface area contributed by atoms with Crippen LogP contribution in [0.1, 0.15) is 11.1 Å². The van der Waals surface area contributed by atoms with E-state index in [0.717, 1.165) is 16.1 Å². The summed E-state index contributed by atoms with van der Waals surface area (Å²) in [6, 6.07) is 11.4. The van der Waals surface area contributed by atoms with Crippen LogP contribution in [0.25, 0.3) is 6.08 Å². The van der Waals surface area contributed by atoms with Crippen LogP contribution in [-0.2, 0) is 11.4 Å². The smallest absolute Gasteiger partial charge is 0.328 e. The zero-order valence-corrected chi connectivity index (χ0v) is 12.5. The minimum Gasteiger partial charge on any atom is -0.489 e. The van der Waals surface area contributed by atoms with E-state index < -0.39 is 5.97 Å². The number of rotatable bonds is 5. The fourth-order valence-corrected chi connectivity index (χ4v) is 2.07. The third kappa shape index (κ3) is 4.72. The van der Waals surface area contributed by atoms with Crippen LogP contribution in [0.15, 0.2) is 53.0 Å². The maximum atomic E-state index is 13.1. The number of carboxylic acid groups (broad SMARTS) is 1. The Morgan fingerprint density at radius 2 is 2.10 bits per heavy atom. The summed E-state index contributed by atoms with van der Waals surface area (Å²) in [7, 11) is 0. The molecule has 2 aromatic carbocycles. The van der Waals surface area contributed by atoms with Gasteiger partial charge in [-0.2, -0.15) is 0 Å². The second-order valence-electron chi connectivity index (χ2n) is 4.27. The molecule has 0 aromatic heterocycles. The number of aliphatic carboxylic acids is 1. The van der Waals surface area contributed by atoms with E-state index in [1.54, 1.807) is 30.3 Å².